The van der Waals surface area contributed by atoms with Gasteiger partial charge in [-0.2, -0.15) is 0 Å². The average molecular weight is 526 g/mol. The van der Waals surface area contributed by atoms with E-state index in [9.17, 15) is 20.1 Å². The lowest BCUT2D eigenvalue weighted by Crippen LogP contribution is -2.35. The number of rotatable bonds is 7. The number of benzene rings is 3. The summed E-state index contributed by atoms with van der Waals surface area (Å²) in [5, 5.41) is 41.7. The number of ether oxygens (including phenoxy) is 5. The first-order chi connectivity index (χ1) is 18.2. The second-order valence-electron chi connectivity index (χ2n) is 8.99. The van der Waals surface area contributed by atoms with Crippen molar-refractivity contribution in [3.05, 3.63) is 59.2 Å². The molecule has 38 heavy (non-hydrogen) atoms. The second kappa shape index (κ2) is 9.84. The largest absolute Gasteiger partial charge is 0.508 e. The minimum absolute atomic E-state index is 0.131. The number of aliphatic hydroxyl groups excluding tert-OH is 2. The molecule has 0 saturated heterocycles. The molecular formula is C27H27NO10. The first-order valence-electron chi connectivity index (χ1n) is 11.8. The summed E-state index contributed by atoms with van der Waals surface area (Å²) in [7, 11) is 2.94. The molecule has 6 N–H and O–H groups in total. The maximum absolute atomic E-state index is 11.7. The Balaban J connectivity index is 1.59. The van der Waals surface area contributed by atoms with Crippen LogP contribution in [0.25, 0.3) is 0 Å². The van der Waals surface area contributed by atoms with Gasteiger partial charge in [-0.05, 0) is 17.7 Å². The summed E-state index contributed by atoms with van der Waals surface area (Å²) in [6.45, 7) is -0.620. The third-order valence-corrected chi connectivity index (χ3v) is 6.62. The average Bonchev–Trinajstić information content (AvgIpc) is 3.29. The highest BCUT2D eigenvalue weighted by Gasteiger charge is 2.44. The van der Waals surface area contributed by atoms with Crippen molar-refractivity contribution in [3.8, 4) is 40.2 Å². The van der Waals surface area contributed by atoms with Gasteiger partial charge in [0.1, 0.15) is 41.5 Å². The lowest BCUT2D eigenvalue weighted by atomic mass is 9.78. The van der Waals surface area contributed by atoms with Crippen LogP contribution in [0.15, 0.2) is 42.5 Å². The Bertz CT molecular complexity index is 1390. The van der Waals surface area contributed by atoms with Crippen molar-refractivity contribution < 1.29 is 48.9 Å². The molecule has 0 spiro atoms. The number of hydrogen-bond acceptors (Lipinski definition) is 11. The highest BCUT2D eigenvalue weighted by atomic mass is 16.7. The third-order valence-electron chi connectivity index (χ3n) is 6.62. The van der Waals surface area contributed by atoms with Crippen molar-refractivity contribution in [2.24, 2.45) is 0 Å². The standard InChI is InChI=1S/C27H27NO10/c1-34-15-9-16(28)23(20(10-15)35-2)25-24-17(32)6-13(30)7-21(24)38-27(26(25)33)12-3-4-18-19(5-12)37-22(36-18)8-14(31)11-29/h3-7,9-10,22,25-27,29-30,32-33H,8,11,28H2,1-2H3/t22?,25-,26+,27+/m0/s1. The summed E-state index contributed by atoms with van der Waals surface area (Å²) < 4.78 is 28.3. The predicted octanol–water partition coefficient (Wildman–Crippen LogP) is 2.37. The van der Waals surface area contributed by atoms with Gasteiger partial charge in [0.25, 0.3) is 0 Å². The molecule has 200 valence electrons. The van der Waals surface area contributed by atoms with Gasteiger partial charge in [-0.3, -0.25) is 4.79 Å². The highest BCUT2D eigenvalue weighted by molar-refractivity contribution is 5.79. The highest BCUT2D eigenvalue weighted by Crippen LogP contribution is 2.54. The van der Waals surface area contributed by atoms with Crippen LogP contribution in [0.3, 0.4) is 0 Å². The van der Waals surface area contributed by atoms with Gasteiger partial charge in [-0.25, -0.2) is 0 Å². The van der Waals surface area contributed by atoms with Gasteiger partial charge in [-0.15, -0.1) is 0 Å². The molecule has 0 aliphatic carbocycles. The molecule has 5 rings (SSSR count). The fraction of sp³-hybridized carbons (Fsp3) is 0.296. The van der Waals surface area contributed by atoms with Gasteiger partial charge in [-0.1, -0.05) is 6.07 Å². The summed E-state index contributed by atoms with van der Waals surface area (Å²) in [6, 6.07) is 10.6. The molecule has 0 fully saturated rings. The molecule has 2 aliphatic rings. The molecule has 0 radical (unpaired) electrons. The number of fused-ring (bicyclic) bond motifs is 2. The van der Waals surface area contributed by atoms with Gasteiger partial charge in [0.15, 0.2) is 23.4 Å². The van der Waals surface area contributed by atoms with Gasteiger partial charge in [0, 0.05) is 41.1 Å². The molecule has 2 heterocycles. The molecular weight excluding hydrogens is 498 g/mol. The summed E-state index contributed by atoms with van der Waals surface area (Å²) >= 11 is 0. The van der Waals surface area contributed by atoms with E-state index in [1.165, 1.54) is 20.3 Å². The summed E-state index contributed by atoms with van der Waals surface area (Å²) in [4.78, 5) is 11.6. The number of carbonyl (C=O) groups is 1. The number of anilines is 1. The number of methoxy groups -OCH3 is 2. The van der Waals surface area contributed by atoms with Crippen molar-refractivity contribution in [3.63, 3.8) is 0 Å². The van der Waals surface area contributed by atoms with Crippen molar-refractivity contribution in [2.75, 3.05) is 26.6 Å². The molecule has 1 unspecified atom stereocenters. The van der Waals surface area contributed by atoms with Crippen molar-refractivity contribution in [2.45, 2.75) is 30.8 Å². The zero-order chi connectivity index (χ0) is 27.1. The molecule has 11 heteroatoms. The number of carbonyl (C=O) groups excluding carboxylic acids is 1. The van der Waals surface area contributed by atoms with Crippen LogP contribution in [0.5, 0.6) is 40.2 Å². The van der Waals surface area contributed by atoms with Gasteiger partial charge >= 0.3 is 0 Å². The molecule has 0 aromatic heterocycles. The van der Waals surface area contributed by atoms with Crippen LogP contribution in [-0.2, 0) is 4.79 Å². The van der Waals surface area contributed by atoms with Crippen LogP contribution in [-0.4, -0.2) is 59.4 Å². The van der Waals surface area contributed by atoms with Gasteiger partial charge in [0.05, 0.1) is 26.6 Å². The Labute approximate surface area is 217 Å². The van der Waals surface area contributed by atoms with E-state index in [1.54, 1.807) is 30.3 Å². The van der Waals surface area contributed by atoms with Crippen LogP contribution < -0.4 is 29.4 Å². The van der Waals surface area contributed by atoms with Crippen molar-refractivity contribution >= 4 is 11.5 Å². The van der Waals surface area contributed by atoms with E-state index in [0.717, 1.165) is 6.07 Å². The van der Waals surface area contributed by atoms with Crippen LogP contribution in [0.4, 0.5) is 5.69 Å². The summed E-state index contributed by atoms with van der Waals surface area (Å²) in [6.07, 6.45) is -3.29. The fourth-order valence-electron chi connectivity index (χ4n) is 4.91. The molecule has 11 nitrogen and oxygen atoms in total. The molecule has 0 saturated carbocycles. The number of aromatic hydroxyl groups is 2. The predicted molar refractivity (Wildman–Crippen MR) is 133 cm³/mol. The quantitative estimate of drug-likeness (QED) is 0.287. The Morgan fingerprint density at radius 3 is 2.42 bits per heavy atom. The van der Waals surface area contributed by atoms with Crippen LogP contribution in [0.1, 0.15) is 35.1 Å². The van der Waals surface area contributed by atoms with E-state index in [2.05, 4.69) is 0 Å². The van der Waals surface area contributed by atoms with E-state index in [1.807, 2.05) is 0 Å². The fourth-order valence-corrected chi connectivity index (χ4v) is 4.91. The number of phenolic OH excluding ortho intramolecular Hbond substituents is 2. The lowest BCUT2D eigenvalue weighted by Gasteiger charge is -2.38. The third kappa shape index (κ3) is 4.35. The maximum atomic E-state index is 11.7. The molecule has 0 bridgehead atoms. The molecule has 2 aliphatic heterocycles. The van der Waals surface area contributed by atoms with Crippen LogP contribution in [0.2, 0.25) is 0 Å². The van der Waals surface area contributed by atoms with Crippen molar-refractivity contribution in [1.29, 1.82) is 0 Å². The zero-order valence-corrected chi connectivity index (χ0v) is 20.6. The zero-order valence-electron chi connectivity index (χ0n) is 20.6. The minimum atomic E-state index is -1.28. The number of Topliss-reactive ketones (excluding diaryl/α,β-unsaturated/α-hetero) is 1. The van der Waals surface area contributed by atoms with Crippen molar-refractivity contribution in [1.82, 2.24) is 0 Å². The summed E-state index contributed by atoms with van der Waals surface area (Å²) in [5.74, 6) is -0.240. The normalized spacial score (nSPS) is 21.4. The smallest absolute Gasteiger partial charge is 0.248 e. The van der Waals surface area contributed by atoms with E-state index in [-0.39, 0.29) is 34.9 Å². The lowest BCUT2D eigenvalue weighted by molar-refractivity contribution is -0.125. The number of ketones is 1. The molecule has 4 atom stereocenters. The monoisotopic (exact) mass is 525 g/mol. The number of hydrogen-bond donors (Lipinski definition) is 5. The molecule has 0 amide bonds. The number of phenols is 2. The maximum Gasteiger partial charge on any atom is 0.248 e. The number of nitrogens with two attached hydrogens (primary N) is 1. The first-order valence-corrected chi connectivity index (χ1v) is 11.8. The summed E-state index contributed by atoms with van der Waals surface area (Å²) in [5.41, 5.74) is 7.79. The Hall–Kier alpha value is -4.35. The number of nitrogen functional groups attached to an aromatic ring is 1. The van der Waals surface area contributed by atoms with Crippen LogP contribution in [0, 0.1) is 0 Å². The van der Waals surface area contributed by atoms with Crippen LogP contribution >= 0.6 is 0 Å². The second-order valence-corrected chi connectivity index (χ2v) is 8.99. The van der Waals surface area contributed by atoms with Gasteiger partial charge in [0.2, 0.25) is 6.29 Å². The van der Waals surface area contributed by atoms with E-state index in [4.69, 9.17) is 34.5 Å². The van der Waals surface area contributed by atoms with E-state index >= 15 is 0 Å². The molecule has 3 aromatic carbocycles. The number of aliphatic hydroxyl groups is 2. The minimum Gasteiger partial charge on any atom is -0.508 e. The van der Waals surface area contributed by atoms with Gasteiger partial charge < -0.3 is 49.8 Å². The first kappa shape index (κ1) is 25.3. The SMILES string of the molecule is COc1cc(N)c([C@H]2c3c(O)cc(O)cc3O[C@H](c3ccc4c(c3)OC(CC(=O)CO)O4)[C@@H]2O)c(OC)c1. The Morgan fingerprint density at radius 2 is 1.71 bits per heavy atom. The molecule has 3 aromatic rings. The topological polar surface area (TPSA) is 170 Å². The van der Waals surface area contributed by atoms with E-state index < -0.39 is 36.8 Å². The van der Waals surface area contributed by atoms with E-state index in [0.29, 0.717) is 34.1 Å². The Kier molecular flexibility index (Phi) is 6.55. The Morgan fingerprint density at radius 1 is 0.947 bits per heavy atom.